The molecule has 27 heavy (non-hydrogen) atoms. The van der Waals surface area contributed by atoms with Gasteiger partial charge in [-0.25, -0.2) is 4.98 Å². The van der Waals surface area contributed by atoms with Gasteiger partial charge in [-0.1, -0.05) is 18.2 Å². The second-order valence-electron chi connectivity index (χ2n) is 7.61. The van der Waals surface area contributed by atoms with Crippen LogP contribution in [0.4, 0.5) is 0 Å². The summed E-state index contributed by atoms with van der Waals surface area (Å²) in [5.41, 5.74) is 2.39. The number of hydrogen-bond acceptors (Lipinski definition) is 4. The Hall–Kier alpha value is -2.18. The number of aromatic nitrogens is 2. The third kappa shape index (κ3) is 4.22. The van der Waals surface area contributed by atoms with Gasteiger partial charge in [0.25, 0.3) is 0 Å². The van der Waals surface area contributed by atoms with Gasteiger partial charge in [-0.2, -0.15) is 0 Å². The Labute approximate surface area is 161 Å². The number of nitrogens with zero attached hydrogens (tertiary/aromatic N) is 5. The van der Waals surface area contributed by atoms with Crippen molar-refractivity contribution in [1.82, 2.24) is 24.3 Å². The molecule has 0 unspecified atom stereocenters. The van der Waals surface area contributed by atoms with E-state index in [0.29, 0.717) is 12.5 Å². The summed E-state index contributed by atoms with van der Waals surface area (Å²) >= 11 is 0. The topological polar surface area (TPSA) is 44.6 Å². The monoisotopic (exact) mass is 367 g/mol. The molecule has 4 rings (SSSR count). The van der Waals surface area contributed by atoms with E-state index in [0.717, 1.165) is 70.2 Å². The SMILES string of the molecule is Cc1ncc(CN2CCN(CC(=O)N3CCCC3)CC2)n1-c1ccccc1. The highest BCUT2D eigenvalue weighted by Gasteiger charge is 2.24. The number of carbonyl (C=O) groups excluding carboxylic acids is 1. The first-order valence-electron chi connectivity index (χ1n) is 10.0. The van der Waals surface area contributed by atoms with Gasteiger partial charge in [0.15, 0.2) is 0 Å². The van der Waals surface area contributed by atoms with E-state index in [9.17, 15) is 4.79 Å². The second-order valence-corrected chi connectivity index (χ2v) is 7.61. The van der Waals surface area contributed by atoms with E-state index in [2.05, 4.69) is 50.5 Å². The first-order valence-corrected chi connectivity index (χ1v) is 10.0. The van der Waals surface area contributed by atoms with E-state index in [1.807, 2.05) is 17.2 Å². The normalized spacial score (nSPS) is 18.9. The summed E-state index contributed by atoms with van der Waals surface area (Å²) in [5, 5.41) is 0. The van der Waals surface area contributed by atoms with Gasteiger partial charge >= 0.3 is 0 Å². The Morgan fingerprint density at radius 2 is 1.63 bits per heavy atom. The van der Waals surface area contributed by atoms with Gasteiger partial charge < -0.3 is 4.90 Å². The van der Waals surface area contributed by atoms with Crippen molar-refractivity contribution in [2.24, 2.45) is 0 Å². The first kappa shape index (κ1) is 18.2. The third-order valence-electron chi connectivity index (χ3n) is 5.69. The molecule has 0 N–H and O–H groups in total. The van der Waals surface area contributed by atoms with Crippen molar-refractivity contribution >= 4 is 5.91 Å². The molecular weight excluding hydrogens is 338 g/mol. The van der Waals surface area contributed by atoms with Crippen LogP contribution >= 0.6 is 0 Å². The maximum Gasteiger partial charge on any atom is 0.236 e. The maximum absolute atomic E-state index is 12.3. The quantitative estimate of drug-likeness (QED) is 0.810. The van der Waals surface area contributed by atoms with Gasteiger partial charge in [-0.3, -0.25) is 19.2 Å². The molecule has 3 heterocycles. The fraction of sp³-hybridized carbons (Fsp3) is 0.524. The third-order valence-corrected chi connectivity index (χ3v) is 5.69. The minimum absolute atomic E-state index is 0.304. The van der Waals surface area contributed by atoms with Crippen LogP contribution in [-0.4, -0.2) is 76.0 Å². The van der Waals surface area contributed by atoms with E-state index in [4.69, 9.17) is 0 Å². The number of carbonyl (C=O) groups is 1. The van der Waals surface area contributed by atoms with Gasteiger partial charge in [0.1, 0.15) is 5.82 Å². The molecule has 1 aromatic heterocycles. The summed E-state index contributed by atoms with van der Waals surface area (Å²) in [7, 11) is 0. The average molecular weight is 367 g/mol. The van der Waals surface area contributed by atoms with Gasteiger partial charge in [0.2, 0.25) is 5.91 Å². The zero-order chi connectivity index (χ0) is 18.6. The number of amides is 1. The van der Waals surface area contributed by atoms with Crippen molar-refractivity contribution < 1.29 is 4.79 Å². The van der Waals surface area contributed by atoms with Gasteiger partial charge in [0, 0.05) is 51.5 Å². The lowest BCUT2D eigenvalue weighted by atomic mass is 10.2. The molecule has 0 spiro atoms. The van der Waals surface area contributed by atoms with Crippen LogP contribution in [0.25, 0.3) is 5.69 Å². The molecule has 0 radical (unpaired) electrons. The molecule has 0 saturated carbocycles. The van der Waals surface area contributed by atoms with Crippen LogP contribution in [0.5, 0.6) is 0 Å². The molecule has 2 saturated heterocycles. The summed E-state index contributed by atoms with van der Waals surface area (Å²) < 4.78 is 2.24. The standard InChI is InChI=1S/C21H29N5O/c1-18-22-15-20(26(18)19-7-3-2-4-8-19)16-23-11-13-24(14-12-23)17-21(27)25-9-5-6-10-25/h2-4,7-8,15H,5-6,9-14,16-17H2,1H3. The molecule has 1 amide bonds. The number of imidazole rings is 1. The average Bonchev–Trinajstić information content (AvgIpc) is 3.34. The van der Waals surface area contributed by atoms with E-state index in [1.165, 1.54) is 5.69 Å². The predicted molar refractivity (Wildman–Crippen MR) is 106 cm³/mol. The number of rotatable bonds is 5. The molecular formula is C21H29N5O. The lowest BCUT2D eigenvalue weighted by Crippen LogP contribution is -2.49. The van der Waals surface area contributed by atoms with E-state index < -0.39 is 0 Å². The molecule has 2 aliphatic rings. The molecule has 144 valence electrons. The maximum atomic E-state index is 12.3. The molecule has 2 aromatic rings. The van der Waals surface area contributed by atoms with E-state index in [-0.39, 0.29) is 0 Å². The fourth-order valence-electron chi connectivity index (χ4n) is 4.12. The Bertz CT molecular complexity index is 758. The summed E-state index contributed by atoms with van der Waals surface area (Å²) in [6, 6.07) is 10.4. The second kappa shape index (κ2) is 8.23. The summed E-state index contributed by atoms with van der Waals surface area (Å²) in [5.74, 6) is 1.32. The number of benzene rings is 1. The summed E-state index contributed by atoms with van der Waals surface area (Å²) in [6.07, 6.45) is 4.31. The molecule has 6 heteroatoms. The highest BCUT2D eigenvalue weighted by atomic mass is 16.2. The van der Waals surface area contributed by atoms with Gasteiger partial charge in [0.05, 0.1) is 18.4 Å². The molecule has 0 bridgehead atoms. The van der Waals surface area contributed by atoms with Crippen molar-refractivity contribution in [3.8, 4) is 5.69 Å². The summed E-state index contributed by atoms with van der Waals surface area (Å²) in [6.45, 7) is 9.31. The smallest absolute Gasteiger partial charge is 0.236 e. The lowest BCUT2D eigenvalue weighted by molar-refractivity contribution is -0.131. The highest BCUT2D eigenvalue weighted by molar-refractivity contribution is 5.78. The number of hydrogen-bond donors (Lipinski definition) is 0. The van der Waals surface area contributed by atoms with E-state index >= 15 is 0 Å². The zero-order valence-corrected chi connectivity index (χ0v) is 16.2. The molecule has 1 aromatic carbocycles. The minimum atomic E-state index is 0.304. The Kier molecular flexibility index (Phi) is 5.55. The Morgan fingerprint density at radius 1 is 0.963 bits per heavy atom. The molecule has 2 aliphatic heterocycles. The van der Waals surface area contributed by atoms with Crippen molar-refractivity contribution in [1.29, 1.82) is 0 Å². The first-order chi connectivity index (χ1) is 13.2. The van der Waals surface area contributed by atoms with Crippen molar-refractivity contribution in [3.63, 3.8) is 0 Å². The zero-order valence-electron chi connectivity index (χ0n) is 16.2. The van der Waals surface area contributed by atoms with Crippen LogP contribution in [0, 0.1) is 6.92 Å². The largest absolute Gasteiger partial charge is 0.342 e. The van der Waals surface area contributed by atoms with Crippen LogP contribution in [0.1, 0.15) is 24.4 Å². The Morgan fingerprint density at radius 3 is 2.33 bits per heavy atom. The van der Waals surface area contributed by atoms with Crippen LogP contribution in [0.3, 0.4) is 0 Å². The Balaban J connectivity index is 1.33. The lowest BCUT2D eigenvalue weighted by Gasteiger charge is -2.35. The highest BCUT2D eigenvalue weighted by Crippen LogP contribution is 2.17. The molecule has 2 fully saturated rings. The predicted octanol–water partition coefficient (Wildman–Crippen LogP) is 1.92. The van der Waals surface area contributed by atoms with Gasteiger partial charge in [-0.15, -0.1) is 0 Å². The molecule has 0 atom stereocenters. The van der Waals surface area contributed by atoms with Crippen LogP contribution in [-0.2, 0) is 11.3 Å². The number of para-hydroxylation sites is 1. The van der Waals surface area contributed by atoms with Crippen LogP contribution in [0.15, 0.2) is 36.5 Å². The number of likely N-dealkylation sites (tertiary alicyclic amines) is 1. The molecule has 6 nitrogen and oxygen atoms in total. The fourth-order valence-corrected chi connectivity index (χ4v) is 4.12. The van der Waals surface area contributed by atoms with E-state index in [1.54, 1.807) is 0 Å². The number of piperazine rings is 1. The van der Waals surface area contributed by atoms with Crippen LogP contribution < -0.4 is 0 Å². The molecule has 0 aliphatic carbocycles. The van der Waals surface area contributed by atoms with Crippen LogP contribution in [0.2, 0.25) is 0 Å². The van der Waals surface area contributed by atoms with Crippen molar-refractivity contribution in [2.45, 2.75) is 26.3 Å². The number of aryl methyl sites for hydroxylation is 1. The van der Waals surface area contributed by atoms with Gasteiger partial charge in [-0.05, 0) is 31.9 Å². The van der Waals surface area contributed by atoms with Crippen molar-refractivity contribution in [3.05, 3.63) is 48.0 Å². The summed E-state index contributed by atoms with van der Waals surface area (Å²) in [4.78, 5) is 23.7. The van der Waals surface area contributed by atoms with Crippen molar-refractivity contribution in [2.75, 3.05) is 45.8 Å². The minimum Gasteiger partial charge on any atom is -0.342 e.